The Balaban J connectivity index is 0.00000243. The van der Waals surface area contributed by atoms with Gasteiger partial charge in [0.2, 0.25) is 11.8 Å². The second kappa shape index (κ2) is 8.60. The van der Waals surface area contributed by atoms with Crippen molar-refractivity contribution in [3.8, 4) is 11.5 Å². The number of ether oxygens (including phenoxy) is 2. The molecule has 26 heavy (non-hydrogen) atoms. The minimum atomic E-state index is -0.322. The highest BCUT2D eigenvalue weighted by Crippen LogP contribution is 2.33. The van der Waals surface area contributed by atoms with Gasteiger partial charge in [-0.05, 0) is 12.8 Å². The summed E-state index contributed by atoms with van der Waals surface area (Å²) in [6, 6.07) is 5.42. The lowest BCUT2D eigenvalue weighted by molar-refractivity contribution is -0.136. The number of nitrogens with two attached hydrogens (primary N) is 1. The fourth-order valence-electron chi connectivity index (χ4n) is 3.68. The van der Waals surface area contributed by atoms with Crippen molar-refractivity contribution in [2.75, 3.05) is 38.8 Å². The molecule has 8 heteroatoms. The van der Waals surface area contributed by atoms with Crippen LogP contribution in [0.3, 0.4) is 0 Å². The van der Waals surface area contributed by atoms with Gasteiger partial charge in [0.05, 0.1) is 25.8 Å². The molecule has 2 aliphatic rings. The van der Waals surface area contributed by atoms with Gasteiger partial charge >= 0.3 is 0 Å². The zero-order chi connectivity index (χ0) is 18.0. The zero-order valence-electron chi connectivity index (χ0n) is 15.1. The Bertz CT molecular complexity index is 648. The summed E-state index contributed by atoms with van der Waals surface area (Å²) in [7, 11) is 3.13. The van der Waals surface area contributed by atoms with Crippen molar-refractivity contribution in [3.63, 3.8) is 0 Å². The van der Waals surface area contributed by atoms with E-state index < -0.39 is 0 Å². The summed E-state index contributed by atoms with van der Waals surface area (Å²) in [5.74, 6) is 0.881. The van der Waals surface area contributed by atoms with Crippen molar-refractivity contribution in [3.05, 3.63) is 18.2 Å². The first-order chi connectivity index (χ1) is 12.1. The van der Waals surface area contributed by atoms with Gasteiger partial charge in [-0.15, -0.1) is 12.4 Å². The Morgan fingerprint density at radius 3 is 2.46 bits per heavy atom. The molecule has 0 radical (unpaired) electrons. The van der Waals surface area contributed by atoms with E-state index in [1.807, 2.05) is 4.90 Å². The summed E-state index contributed by atoms with van der Waals surface area (Å²) in [6.07, 6.45) is 2.15. The maximum atomic E-state index is 12.8. The maximum Gasteiger partial charge on any atom is 0.228 e. The van der Waals surface area contributed by atoms with Gasteiger partial charge in [0, 0.05) is 50.3 Å². The van der Waals surface area contributed by atoms with Crippen molar-refractivity contribution in [2.45, 2.75) is 25.3 Å². The lowest BCUT2D eigenvalue weighted by Gasteiger charge is -2.26. The smallest absolute Gasteiger partial charge is 0.228 e. The van der Waals surface area contributed by atoms with E-state index in [2.05, 4.69) is 0 Å². The average molecular weight is 384 g/mol. The van der Waals surface area contributed by atoms with E-state index in [4.69, 9.17) is 15.2 Å². The van der Waals surface area contributed by atoms with Crippen LogP contribution in [0.15, 0.2) is 18.2 Å². The minimum Gasteiger partial charge on any atom is -0.497 e. The first-order valence-corrected chi connectivity index (χ1v) is 8.61. The fourth-order valence-corrected chi connectivity index (χ4v) is 3.68. The van der Waals surface area contributed by atoms with Crippen LogP contribution >= 0.6 is 12.4 Å². The molecular weight excluding hydrogens is 358 g/mol. The molecule has 2 amide bonds. The molecule has 0 aliphatic carbocycles. The molecule has 2 unspecified atom stereocenters. The number of methoxy groups -OCH3 is 2. The van der Waals surface area contributed by atoms with Gasteiger partial charge in [-0.25, -0.2) is 0 Å². The van der Waals surface area contributed by atoms with E-state index in [9.17, 15) is 9.59 Å². The molecule has 0 saturated carbocycles. The van der Waals surface area contributed by atoms with Crippen LogP contribution in [0.25, 0.3) is 0 Å². The molecule has 2 saturated heterocycles. The van der Waals surface area contributed by atoms with E-state index in [-0.39, 0.29) is 42.6 Å². The van der Waals surface area contributed by atoms with Gasteiger partial charge in [-0.1, -0.05) is 0 Å². The van der Waals surface area contributed by atoms with E-state index in [1.54, 1.807) is 37.3 Å². The van der Waals surface area contributed by atoms with Gasteiger partial charge in [0.1, 0.15) is 11.5 Å². The van der Waals surface area contributed by atoms with Crippen LogP contribution in [-0.4, -0.2) is 56.6 Å². The number of hydrogen-bond donors (Lipinski definition) is 1. The summed E-state index contributed by atoms with van der Waals surface area (Å²) >= 11 is 0. The van der Waals surface area contributed by atoms with Gasteiger partial charge < -0.3 is 25.0 Å². The first kappa shape index (κ1) is 20.3. The van der Waals surface area contributed by atoms with Crippen molar-refractivity contribution in [1.82, 2.24) is 4.90 Å². The molecule has 0 aromatic heterocycles. The lowest BCUT2D eigenvalue weighted by atomic mass is 10.1. The van der Waals surface area contributed by atoms with Crippen LogP contribution < -0.4 is 20.1 Å². The molecule has 3 rings (SSSR count). The van der Waals surface area contributed by atoms with Crippen molar-refractivity contribution >= 4 is 29.9 Å². The van der Waals surface area contributed by atoms with Crippen LogP contribution in [0.5, 0.6) is 11.5 Å². The lowest BCUT2D eigenvalue weighted by Crippen LogP contribution is -2.43. The highest BCUT2D eigenvalue weighted by atomic mass is 35.5. The molecule has 2 heterocycles. The third-order valence-electron chi connectivity index (χ3n) is 5.05. The third-order valence-corrected chi connectivity index (χ3v) is 5.05. The number of amides is 2. The topological polar surface area (TPSA) is 85.1 Å². The highest BCUT2D eigenvalue weighted by molar-refractivity contribution is 6.00. The van der Waals surface area contributed by atoms with Crippen LogP contribution in [-0.2, 0) is 9.59 Å². The normalized spacial score (nSPS) is 22.3. The van der Waals surface area contributed by atoms with E-state index in [0.29, 0.717) is 30.3 Å². The first-order valence-electron chi connectivity index (χ1n) is 8.61. The number of benzene rings is 1. The molecule has 2 N–H and O–H groups in total. The standard InChI is InChI=1S/C18H25N3O4.ClH/c1-24-15-7-14(8-16(9-15)25-2)21-11-12(6-17(21)22)18(23)20-5-3-4-13(20)10-19;/h7-9,12-13H,3-6,10-11,19H2,1-2H3;1H. The number of hydrogen-bond acceptors (Lipinski definition) is 5. The Hall–Kier alpha value is -1.99. The number of carbonyl (C=O) groups is 2. The molecule has 0 bridgehead atoms. The fraction of sp³-hybridized carbons (Fsp3) is 0.556. The number of nitrogens with zero attached hydrogens (tertiary/aromatic N) is 2. The Morgan fingerprint density at radius 2 is 1.88 bits per heavy atom. The minimum absolute atomic E-state index is 0. The van der Waals surface area contributed by atoms with Crippen LogP contribution in [0, 0.1) is 5.92 Å². The average Bonchev–Trinajstić information content (AvgIpc) is 3.26. The molecule has 144 valence electrons. The molecule has 2 atom stereocenters. The summed E-state index contributed by atoms with van der Waals surface area (Å²) < 4.78 is 10.5. The van der Waals surface area contributed by atoms with E-state index >= 15 is 0 Å². The van der Waals surface area contributed by atoms with Crippen LogP contribution in [0.2, 0.25) is 0 Å². The second-order valence-electron chi connectivity index (χ2n) is 6.54. The molecule has 1 aromatic carbocycles. The molecule has 2 fully saturated rings. The van der Waals surface area contributed by atoms with Gasteiger partial charge in [-0.3, -0.25) is 9.59 Å². The highest BCUT2D eigenvalue weighted by Gasteiger charge is 2.40. The molecule has 0 spiro atoms. The van der Waals surface area contributed by atoms with Crippen molar-refractivity contribution < 1.29 is 19.1 Å². The van der Waals surface area contributed by atoms with E-state index in [0.717, 1.165) is 19.4 Å². The Morgan fingerprint density at radius 1 is 1.23 bits per heavy atom. The van der Waals surface area contributed by atoms with Crippen LogP contribution in [0.4, 0.5) is 5.69 Å². The quantitative estimate of drug-likeness (QED) is 0.831. The van der Waals surface area contributed by atoms with Gasteiger partial charge in [-0.2, -0.15) is 0 Å². The maximum absolute atomic E-state index is 12.8. The number of halogens is 1. The van der Waals surface area contributed by atoms with Crippen LogP contribution in [0.1, 0.15) is 19.3 Å². The molecule has 1 aromatic rings. The van der Waals surface area contributed by atoms with Crippen molar-refractivity contribution in [2.24, 2.45) is 11.7 Å². The molecule has 7 nitrogen and oxygen atoms in total. The number of carbonyl (C=O) groups excluding carboxylic acids is 2. The van der Waals surface area contributed by atoms with Gasteiger partial charge in [0.25, 0.3) is 0 Å². The number of anilines is 1. The molecular formula is C18H26ClN3O4. The SMILES string of the molecule is COc1cc(OC)cc(N2CC(C(=O)N3CCCC3CN)CC2=O)c1.Cl. The predicted octanol–water partition coefficient (Wildman–Crippen LogP) is 1.43. The summed E-state index contributed by atoms with van der Waals surface area (Å²) in [4.78, 5) is 28.8. The third kappa shape index (κ3) is 3.88. The second-order valence-corrected chi connectivity index (χ2v) is 6.54. The molecule has 2 aliphatic heterocycles. The van der Waals surface area contributed by atoms with Gasteiger partial charge in [0.15, 0.2) is 0 Å². The monoisotopic (exact) mass is 383 g/mol. The predicted molar refractivity (Wildman–Crippen MR) is 101 cm³/mol. The number of likely N-dealkylation sites (tertiary alicyclic amines) is 1. The zero-order valence-corrected chi connectivity index (χ0v) is 16.0. The summed E-state index contributed by atoms with van der Waals surface area (Å²) in [5.41, 5.74) is 6.46. The largest absolute Gasteiger partial charge is 0.497 e. The summed E-state index contributed by atoms with van der Waals surface area (Å²) in [5, 5.41) is 0. The Kier molecular flexibility index (Phi) is 6.72. The summed E-state index contributed by atoms with van der Waals surface area (Å²) in [6.45, 7) is 1.59. The van der Waals surface area contributed by atoms with Crippen molar-refractivity contribution in [1.29, 1.82) is 0 Å². The Labute approximate surface area is 159 Å². The van der Waals surface area contributed by atoms with E-state index in [1.165, 1.54) is 0 Å². The number of rotatable bonds is 5.